The standard InChI is InChI=1S/C21H24N8O/c1-3-13(2)29-17-11-22-8-6-15(17)16-10-23-21(25-20(16)29)24-18-4-5-19(27-26-18)28-9-7-14(30)12-28/h4-6,8,10-11,13-14,30H,3,7,9,12H2,1-2H3,(H,23,24,25,26)/t13-,14-/m1/s1. The summed E-state index contributed by atoms with van der Waals surface area (Å²) in [5.74, 6) is 1.81. The Bertz CT molecular complexity index is 1190. The minimum absolute atomic E-state index is 0.284. The summed E-state index contributed by atoms with van der Waals surface area (Å²) in [5, 5.41) is 23.5. The van der Waals surface area contributed by atoms with E-state index in [9.17, 15) is 5.11 Å². The summed E-state index contributed by atoms with van der Waals surface area (Å²) in [7, 11) is 0. The highest BCUT2D eigenvalue weighted by Crippen LogP contribution is 2.31. The Balaban J connectivity index is 1.47. The van der Waals surface area contributed by atoms with E-state index in [1.165, 1.54) is 0 Å². The van der Waals surface area contributed by atoms with E-state index in [1.807, 2.05) is 35.5 Å². The van der Waals surface area contributed by atoms with Crippen LogP contribution < -0.4 is 10.2 Å². The van der Waals surface area contributed by atoms with Crippen molar-refractivity contribution in [3.05, 3.63) is 36.8 Å². The molecule has 1 aliphatic heterocycles. The summed E-state index contributed by atoms with van der Waals surface area (Å²) in [6.07, 6.45) is 6.98. The highest BCUT2D eigenvalue weighted by molar-refractivity contribution is 6.06. The largest absolute Gasteiger partial charge is 0.391 e. The summed E-state index contributed by atoms with van der Waals surface area (Å²) >= 11 is 0. The molecule has 0 aliphatic carbocycles. The quantitative estimate of drug-likeness (QED) is 0.523. The topological polar surface area (TPSA) is 105 Å². The second-order valence-electron chi connectivity index (χ2n) is 7.74. The SMILES string of the molecule is CC[C@@H](C)n1c2cnccc2c2cnc(Nc3ccc(N4CC[C@@H](O)C4)nn3)nc21. The summed E-state index contributed by atoms with van der Waals surface area (Å²) in [4.78, 5) is 15.6. The molecule has 0 aromatic carbocycles. The van der Waals surface area contributed by atoms with Crippen molar-refractivity contribution in [2.45, 2.75) is 38.8 Å². The first-order valence-electron chi connectivity index (χ1n) is 10.3. The van der Waals surface area contributed by atoms with Gasteiger partial charge in [-0.2, -0.15) is 4.98 Å². The van der Waals surface area contributed by atoms with E-state index in [-0.39, 0.29) is 12.1 Å². The first-order valence-corrected chi connectivity index (χ1v) is 10.3. The van der Waals surface area contributed by atoms with E-state index in [0.29, 0.717) is 18.3 Å². The lowest BCUT2D eigenvalue weighted by atomic mass is 10.2. The Morgan fingerprint density at radius 2 is 2.10 bits per heavy atom. The van der Waals surface area contributed by atoms with Gasteiger partial charge in [0.1, 0.15) is 5.65 Å². The van der Waals surface area contributed by atoms with Crippen LogP contribution in [-0.4, -0.2) is 54.0 Å². The number of aromatic nitrogens is 6. The zero-order valence-corrected chi connectivity index (χ0v) is 17.0. The van der Waals surface area contributed by atoms with Crippen LogP contribution in [0, 0.1) is 0 Å². The summed E-state index contributed by atoms with van der Waals surface area (Å²) in [6, 6.07) is 6.04. The molecule has 1 saturated heterocycles. The Kier molecular flexibility index (Phi) is 4.66. The zero-order valence-electron chi connectivity index (χ0n) is 17.0. The van der Waals surface area contributed by atoms with Gasteiger partial charge in [-0.25, -0.2) is 4.98 Å². The van der Waals surface area contributed by atoms with Gasteiger partial charge in [-0.05, 0) is 38.0 Å². The van der Waals surface area contributed by atoms with Crippen molar-refractivity contribution in [1.29, 1.82) is 0 Å². The Morgan fingerprint density at radius 1 is 1.20 bits per heavy atom. The molecule has 0 unspecified atom stereocenters. The summed E-state index contributed by atoms with van der Waals surface area (Å²) < 4.78 is 2.22. The maximum atomic E-state index is 9.70. The summed E-state index contributed by atoms with van der Waals surface area (Å²) in [5.41, 5.74) is 1.94. The second-order valence-corrected chi connectivity index (χ2v) is 7.74. The van der Waals surface area contributed by atoms with Crippen molar-refractivity contribution in [3.63, 3.8) is 0 Å². The number of nitrogens with one attached hydrogen (secondary N) is 1. The number of aliphatic hydroxyl groups is 1. The van der Waals surface area contributed by atoms with Gasteiger partial charge in [-0.1, -0.05) is 6.92 Å². The number of aliphatic hydroxyl groups excluding tert-OH is 1. The first kappa shape index (κ1) is 18.7. The third kappa shape index (κ3) is 3.21. The molecule has 2 N–H and O–H groups in total. The van der Waals surface area contributed by atoms with Crippen molar-refractivity contribution in [3.8, 4) is 0 Å². The molecule has 5 rings (SSSR count). The molecule has 2 atom stereocenters. The van der Waals surface area contributed by atoms with Crippen LogP contribution in [0.15, 0.2) is 36.8 Å². The van der Waals surface area contributed by atoms with Crippen molar-refractivity contribution in [1.82, 2.24) is 29.7 Å². The van der Waals surface area contributed by atoms with E-state index in [2.05, 4.69) is 43.9 Å². The molecule has 9 nitrogen and oxygen atoms in total. The van der Waals surface area contributed by atoms with Crippen LogP contribution in [-0.2, 0) is 0 Å². The molecule has 154 valence electrons. The summed E-state index contributed by atoms with van der Waals surface area (Å²) in [6.45, 7) is 5.73. The molecular weight excluding hydrogens is 380 g/mol. The minimum atomic E-state index is -0.294. The van der Waals surface area contributed by atoms with E-state index in [1.54, 1.807) is 6.20 Å². The third-order valence-corrected chi connectivity index (χ3v) is 5.76. The number of nitrogens with zero attached hydrogens (tertiary/aromatic N) is 7. The van der Waals surface area contributed by atoms with Gasteiger partial charge in [0.25, 0.3) is 0 Å². The monoisotopic (exact) mass is 404 g/mol. The third-order valence-electron chi connectivity index (χ3n) is 5.76. The normalized spacial score (nSPS) is 17.7. The van der Waals surface area contributed by atoms with E-state index in [0.717, 1.165) is 47.1 Å². The molecular formula is C21H24N8O. The van der Waals surface area contributed by atoms with Crippen LogP contribution in [0.25, 0.3) is 21.9 Å². The molecule has 0 radical (unpaired) electrons. The predicted octanol–water partition coefficient (Wildman–Crippen LogP) is 3.06. The van der Waals surface area contributed by atoms with Gasteiger partial charge in [-0.15, -0.1) is 10.2 Å². The molecule has 0 amide bonds. The fourth-order valence-corrected chi connectivity index (χ4v) is 3.98. The first-order chi connectivity index (χ1) is 14.6. The van der Waals surface area contributed by atoms with Crippen LogP contribution in [0.3, 0.4) is 0 Å². The molecule has 0 bridgehead atoms. The van der Waals surface area contributed by atoms with Gasteiger partial charge in [-0.3, -0.25) is 4.98 Å². The molecule has 1 aliphatic rings. The number of anilines is 3. The number of hydrogen-bond acceptors (Lipinski definition) is 8. The lowest BCUT2D eigenvalue weighted by Gasteiger charge is -2.16. The van der Waals surface area contributed by atoms with E-state index >= 15 is 0 Å². The van der Waals surface area contributed by atoms with E-state index < -0.39 is 0 Å². The van der Waals surface area contributed by atoms with Crippen LogP contribution in [0.1, 0.15) is 32.7 Å². The molecule has 0 spiro atoms. The van der Waals surface area contributed by atoms with Gasteiger partial charge in [0.15, 0.2) is 11.6 Å². The number of rotatable bonds is 5. The molecule has 4 aromatic heterocycles. The maximum absolute atomic E-state index is 9.70. The van der Waals surface area contributed by atoms with Crippen molar-refractivity contribution < 1.29 is 5.11 Å². The van der Waals surface area contributed by atoms with Gasteiger partial charge < -0.3 is 19.9 Å². The second kappa shape index (κ2) is 7.49. The number of fused-ring (bicyclic) bond motifs is 3. The Hall–Kier alpha value is -3.33. The smallest absolute Gasteiger partial charge is 0.230 e. The molecule has 1 fully saturated rings. The van der Waals surface area contributed by atoms with Gasteiger partial charge in [0, 0.05) is 42.3 Å². The fraction of sp³-hybridized carbons (Fsp3) is 0.381. The van der Waals surface area contributed by atoms with Gasteiger partial charge in [0.05, 0.1) is 17.8 Å². The minimum Gasteiger partial charge on any atom is -0.391 e. The predicted molar refractivity (Wildman–Crippen MR) is 116 cm³/mol. The average Bonchev–Trinajstić information content (AvgIpc) is 3.35. The molecule has 5 heterocycles. The van der Waals surface area contributed by atoms with Crippen molar-refractivity contribution in [2.75, 3.05) is 23.3 Å². The van der Waals surface area contributed by atoms with Crippen molar-refractivity contribution in [2.24, 2.45) is 0 Å². The molecule has 4 aromatic rings. The molecule has 30 heavy (non-hydrogen) atoms. The Labute approximate surface area is 173 Å². The lowest BCUT2D eigenvalue weighted by Crippen LogP contribution is -2.22. The van der Waals surface area contributed by atoms with Crippen LogP contribution in [0.4, 0.5) is 17.6 Å². The van der Waals surface area contributed by atoms with Gasteiger partial charge in [0.2, 0.25) is 5.95 Å². The van der Waals surface area contributed by atoms with Crippen molar-refractivity contribution >= 4 is 39.5 Å². The fourth-order valence-electron chi connectivity index (χ4n) is 3.98. The van der Waals surface area contributed by atoms with Crippen LogP contribution in [0.2, 0.25) is 0 Å². The van der Waals surface area contributed by atoms with Gasteiger partial charge >= 0.3 is 0 Å². The number of β-amino-alcohol motifs (C(OH)–C–C–N with tert-alkyl or cyclic N) is 1. The molecule has 0 saturated carbocycles. The Morgan fingerprint density at radius 3 is 2.83 bits per heavy atom. The highest BCUT2D eigenvalue weighted by Gasteiger charge is 2.21. The molecule has 9 heteroatoms. The number of pyridine rings is 1. The van der Waals surface area contributed by atoms with Crippen LogP contribution >= 0.6 is 0 Å². The van der Waals surface area contributed by atoms with E-state index in [4.69, 9.17) is 4.98 Å². The maximum Gasteiger partial charge on any atom is 0.230 e. The highest BCUT2D eigenvalue weighted by atomic mass is 16.3. The van der Waals surface area contributed by atoms with Crippen LogP contribution in [0.5, 0.6) is 0 Å². The number of hydrogen-bond donors (Lipinski definition) is 2. The zero-order chi connectivity index (χ0) is 20.7. The average molecular weight is 404 g/mol. The lowest BCUT2D eigenvalue weighted by molar-refractivity contribution is 0.198.